The van der Waals surface area contributed by atoms with Crippen LogP contribution in [0.5, 0.6) is 0 Å². The van der Waals surface area contributed by atoms with Crippen LogP contribution in [0.25, 0.3) is 11.8 Å². The molecule has 0 saturated carbocycles. The molecule has 3 heteroatoms. The van der Waals surface area contributed by atoms with E-state index in [-0.39, 0.29) is 0 Å². The van der Waals surface area contributed by atoms with Crippen molar-refractivity contribution in [2.24, 2.45) is 11.7 Å². The molecule has 1 rings (SSSR count). The zero-order valence-corrected chi connectivity index (χ0v) is 10.3. The van der Waals surface area contributed by atoms with Gasteiger partial charge >= 0.3 is 0 Å². The molecule has 0 bridgehead atoms. The number of hydrogen-bond donors (Lipinski definition) is 2. The van der Waals surface area contributed by atoms with Gasteiger partial charge in [0.05, 0.1) is 5.35 Å². The van der Waals surface area contributed by atoms with Gasteiger partial charge in [0.2, 0.25) is 0 Å². The number of aromatic amines is 1. The minimum atomic E-state index is 0.326. The lowest BCUT2D eigenvalue weighted by Gasteiger charge is -2.01. The van der Waals surface area contributed by atoms with Crippen LogP contribution in [0.4, 0.5) is 0 Å². The van der Waals surface area contributed by atoms with E-state index < -0.39 is 0 Å². The van der Waals surface area contributed by atoms with Crippen LogP contribution in [-0.4, -0.2) is 9.97 Å². The Bertz CT molecular complexity index is 438. The molecule has 1 aromatic heterocycles. The smallest absolute Gasteiger partial charge is 0.109 e. The van der Waals surface area contributed by atoms with Crippen LogP contribution in [0, 0.1) is 5.92 Å². The first-order valence-corrected chi connectivity index (χ1v) is 5.49. The van der Waals surface area contributed by atoms with Crippen LogP contribution in [0.2, 0.25) is 0 Å². The Morgan fingerprint density at radius 1 is 1.33 bits per heavy atom. The van der Waals surface area contributed by atoms with Gasteiger partial charge in [0.15, 0.2) is 0 Å². The SMILES string of the molecule is C/C=c1/[nH]c(C(C)C)n/c1=C(/N)C(C)C. The number of H-pyrrole nitrogens is 1. The number of nitrogens with zero attached hydrogens (tertiary/aromatic N) is 1. The molecule has 0 aliphatic rings. The Morgan fingerprint density at radius 3 is 2.33 bits per heavy atom. The van der Waals surface area contributed by atoms with Crippen LogP contribution in [0.1, 0.15) is 46.4 Å². The molecule has 1 aromatic rings. The number of hydrogen-bond acceptors (Lipinski definition) is 2. The third kappa shape index (κ3) is 2.41. The molecule has 3 nitrogen and oxygen atoms in total. The maximum absolute atomic E-state index is 6.04. The van der Waals surface area contributed by atoms with Crippen molar-refractivity contribution in [2.75, 3.05) is 0 Å². The molecule has 0 unspecified atom stereocenters. The summed E-state index contributed by atoms with van der Waals surface area (Å²) in [7, 11) is 0. The highest BCUT2D eigenvalue weighted by Gasteiger charge is 2.07. The van der Waals surface area contributed by atoms with Gasteiger partial charge in [0.1, 0.15) is 11.2 Å². The Labute approximate surface area is 91.1 Å². The van der Waals surface area contributed by atoms with E-state index in [9.17, 15) is 0 Å². The second-order valence-electron chi connectivity index (χ2n) is 4.44. The van der Waals surface area contributed by atoms with Crippen molar-refractivity contribution in [1.82, 2.24) is 9.97 Å². The summed E-state index contributed by atoms with van der Waals surface area (Å²) in [5.41, 5.74) is 6.89. The van der Waals surface area contributed by atoms with E-state index in [4.69, 9.17) is 5.73 Å². The average Bonchev–Trinajstić information content (AvgIpc) is 2.59. The molecule has 1 heterocycles. The van der Waals surface area contributed by atoms with Gasteiger partial charge in [0, 0.05) is 11.6 Å². The molecule has 84 valence electrons. The monoisotopic (exact) mass is 207 g/mol. The first-order valence-electron chi connectivity index (χ1n) is 5.49. The quantitative estimate of drug-likeness (QED) is 0.762. The third-order valence-corrected chi connectivity index (χ3v) is 2.48. The lowest BCUT2D eigenvalue weighted by Crippen LogP contribution is -2.31. The molecule has 0 radical (unpaired) electrons. The first-order chi connectivity index (χ1) is 6.97. The van der Waals surface area contributed by atoms with Gasteiger partial charge in [-0.05, 0) is 12.8 Å². The molecule has 0 aliphatic carbocycles. The van der Waals surface area contributed by atoms with Gasteiger partial charge in [0.25, 0.3) is 0 Å². The van der Waals surface area contributed by atoms with Crippen LogP contribution in [0.15, 0.2) is 0 Å². The number of nitrogens with one attached hydrogen (secondary N) is 1. The third-order valence-electron chi connectivity index (χ3n) is 2.48. The fourth-order valence-corrected chi connectivity index (χ4v) is 1.38. The summed E-state index contributed by atoms with van der Waals surface area (Å²) in [4.78, 5) is 7.85. The van der Waals surface area contributed by atoms with Crippen LogP contribution >= 0.6 is 0 Å². The molecule has 0 aliphatic heterocycles. The van der Waals surface area contributed by atoms with Crippen molar-refractivity contribution in [2.45, 2.75) is 40.5 Å². The summed E-state index contributed by atoms with van der Waals surface area (Å²) >= 11 is 0. The lowest BCUT2D eigenvalue weighted by atomic mass is 10.1. The zero-order valence-electron chi connectivity index (χ0n) is 10.3. The molecular weight excluding hydrogens is 186 g/mol. The van der Waals surface area contributed by atoms with E-state index >= 15 is 0 Å². The van der Waals surface area contributed by atoms with E-state index in [2.05, 4.69) is 37.7 Å². The van der Waals surface area contributed by atoms with E-state index in [0.29, 0.717) is 11.8 Å². The maximum atomic E-state index is 6.04. The van der Waals surface area contributed by atoms with Crippen LogP contribution < -0.4 is 16.4 Å². The van der Waals surface area contributed by atoms with Gasteiger partial charge in [-0.15, -0.1) is 0 Å². The minimum Gasteiger partial charge on any atom is -0.400 e. The molecule has 0 fully saturated rings. The van der Waals surface area contributed by atoms with Crippen LogP contribution in [-0.2, 0) is 0 Å². The van der Waals surface area contributed by atoms with E-state index in [1.807, 2.05) is 13.0 Å². The zero-order chi connectivity index (χ0) is 11.6. The average molecular weight is 207 g/mol. The highest BCUT2D eigenvalue weighted by molar-refractivity contribution is 5.41. The summed E-state index contributed by atoms with van der Waals surface area (Å²) in [5, 5.41) is 1.95. The Balaban J connectivity index is 3.49. The second kappa shape index (κ2) is 4.51. The standard InChI is InChI=1S/C12H21N3/c1-6-9-11(10(13)7(2)3)15-12(14-9)8(4)5/h6-8H,13H2,1-5H3,(H,14,15)/b9-6+,11-10+. The van der Waals surface area contributed by atoms with Crippen molar-refractivity contribution in [3.05, 3.63) is 16.5 Å². The molecule has 0 spiro atoms. The fourth-order valence-electron chi connectivity index (χ4n) is 1.38. The number of imidazole rings is 1. The molecule has 0 atom stereocenters. The predicted octanol–water partition coefficient (Wildman–Crippen LogP) is 1.06. The Hall–Kier alpha value is -1.25. The summed E-state index contributed by atoms with van der Waals surface area (Å²) in [6.07, 6.45) is 2.02. The minimum absolute atomic E-state index is 0.326. The van der Waals surface area contributed by atoms with E-state index in [1.165, 1.54) is 0 Å². The van der Waals surface area contributed by atoms with Crippen molar-refractivity contribution >= 4 is 11.8 Å². The maximum Gasteiger partial charge on any atom is 0.109 e. The number of aromatic nitrogens is 2. The highest BCUT2D eigenvalue weighted by atomic mass is 14.9. The predicted molar refractivity (Wildman–Crippen MR) is 64.5 cm³/mol. The van der Waals surface area contributed by atoms with Gasteiger partial charge < -0.3 is 10.7 Å². The lowest BCUT2D eigenvalue weighted by molar-refractivity contribution is 0.786. The summed E-state index contributed by atoms with van der Waals surface area (Å²) in [6, 6.07) is 0. The van der Waals surface area contributed by atoms with E-state index in [1.54, 1.807) is 0 Å². The summed E-state index contributed by atoms with van der Waals surface area (Å²) in [5.74, 6) is 1.73. The van der Waals surface area contributed by atoms with Crippen LogP contribution in [0.3, 0.4) is 0 Å². The molecule has 0 saturated heterocycles. The van der Waals surface area contributed by atoms with Crippen molar-refractivity contribution in [3.63, 3.8) is 0 Å². The largest absolute Gasteiger partial charge is 0.400 e. The van der Waals surface area contributed by atoms with Gasteiger partial charge in [-0.1, -0.05) is 33.8 Å². The van der Waals surface area contributed by atoms with Crippen molar-refractivity contribution in [1.29, 1.82) is 0 Å². The normalized spacial score (nSPS) is 15.3. The summed E-state index contributed by atoms with van der Waals surface area (Å²) in [6.45, 7) is 10.4. The molecule has 0 amide bonds. The van der Waals surface area contributed by atoms with Crippen molar-refractivity contribution < 1.29 is 0 Å². The molecule has 15 heavy (non-hydrogen) atoms. The molecule has 3 N–H and O–H groups in total. The Kier molecular flexibility index (Phi) is 3.56. The number of rotatable bonds is 2. The van der Waals surface area contributed by atoms with Gasteiger partial charge in [-0.3, -0.25) is 0 Å². The highest BCUT2D eigenvalue weighted by Crippen LogP contribution is 2.04. The first kappa shape index (κ1) is 11.8. The molecule has 0 aromatic carbocycles. The Morgan fingerprint density at radius 2 is 1.93 bits per heavy atom. The topological polar surface area (TPSA) is 54.7 Å². The van der Waals surface area contributed by atoms with Gasteiger partial charge in [-0.25, -0.2) is 4.98 Å². The second-order valence-corrected chi connectivity index (χ2v) is 4.44. The van der Waals surface area contributed by atoms with Crippen molar-refractivity contribution in [3.8, 4) is 0 Å². The fraction of sp³-hybridized carbons (Fsp3) is 0.583. The molecular formula is C12H21N3. The summed E-state index contributed by atoms with van der Waals surface area (Å²) < 4.78 is 0. The number of nitrogens with two attached hydrogens (primary N) is 1. The van der Waals surface area contributed by atoms with Gasteiger partial charge in [-0.2, -0.15) is 0 Å². The van der Waals surface area contributed by atoms with E-state index in [0.717, 1.165) is 22.2 Å².